The smallest absolute Gasteiger partial charge is 0.119 e. The van der Waals surface area contributed by atoms with E-state index in [1.807, 2.05) is 48.5 Å². The van der Waals surface area contributed by atoms with Gasteiger partial charge in [-0.3, -0.25) is 0 Å². The minimum Gasteiger partial charge on any atom is -0.492 e. The second kappa shape index (κ2) is 8.71. The van der Waals surface area contributed by atoms with E-state index in [4.69, 9.17) is 16.3 Å². The fourth-order valence-corrected chi connectivity index (χ4v) is 2.39. The molecule has 112 valence electrons. The molecule has 1 unspecified atom stereocenters. The van der Waals surface area contributed by atoms with E-state index >= 15 is 0 Å². The van der Waals surface area contributed by atoms with Gasteiger partial charge in [0.2, 0.25) is 0 Å². The Hall–Kier alpha value is -1.51. The largest absolute Gasteiger partial charge is 0.492 e. The monoisotopic (exact) mass is 303 g/mol. The standard InChI is InChI=1S/C18H22ClNO/c1-2-12-20-16(13-15-8-6-7-11-18(15)19)14-21-17-9-4-3-5-10-17/h3-11,16,20H,2,12-14H2,1H3. The van der Waals surface area contributed by atoms with E-state index in [9.17, 15) is 0 Å². The fraction of sp³-hybridized carbons (Fsp3) is 0.333. The fourth-order valence-electron chi connectivity index (χ4n) is 2.18. The summed E-state index contributed by atoms with van der Waals surface area (Å²) in [6, 6.07) is 18.2. The van der Waals surface area contributed by atoms with Crippen LogP contribution >= 0.6 is 11.6 Å². The van der Waals surface area contributed by atoms with E-state index in [1.54, 1.807) is 0 Å². The maximum atomic E-state index is 6.25. The van der Waals surface area contributed by atoms with Crippen molar-refractivity contribution in [3.05, 3.63) is 65.2 Å². The third-order valence-electron chi connectivity index (χ3n) is 3.30. The SMILES string of the molecule is CCCNC(COc1ccccc1)Cc1ccccc1Cl. The first-order chi connectivity index (χ1) is 10.3. The van der Waals surface area contributed by atoms with Crippen molar-refractivity contribution in [2.24, 2.45) is 0 Å². The van der Waals surface area contributed by atoms with Crippen LogP contribution in [0.5, 0.6) is 5.75 Å². The van der Waals surface area contributed by atoms with E-state index < -0.39 is 0 Å². The van der Waals surface area contributed by atoms with Gasteiger partial charge in [-0.2, -0.15) is 0 Å². The zero-order chi connectivity index (χ0) is 14.9. The summed E-state index contributed by atoms with van der Waals surface area (Å²) >= 11 is 6.25. The number of nitrogens with one attached hydrogen (secondary N) is 1. The lowest BCUT2D eigenvalue weighted by atomic mass is 10.1. The Balaban J connectivity index is 1.96. The molecule has 21 heavy (non-hydrogen) atoms. The van der Waals surface area contributed by atoms with Crippen LogP contribution in [0.2, 0.25) is 5.02 Å². The van der Waals surface area contributed by atoms with Crippen molar-refractivity contribution < 1.29 is 4.74 Å². The van der Waals surface area contributed by atoms with Gasteiger partial charge in [0, 0.05) is 11.1 Å². The average molecular weight is 304 g/mol. The van der Waals surface area contributed by atoms with E-state index in [0.29, 0.717) is 6.61 Å². The highest BCUT2D eigenvalue weighted by atomic mass is 35.5. The maximum Gasteiger partial charge on any atom is 0.119 e. The van der Waals surface area contributed by atoms with Crippen molar-refractivity contribution >= 4 is 11.6 Å². The summed E-state index contributed by atoms with van der Waals surface area (Å²) in [7, 11) is 0. The first-order valence-corrected chi connectivity index (χ1v) is 7.82. The molecule has 2 aromatic rings. The molecule has 2 rings (SSSR count). The number of rotatable bonds is 8. The summed E-state index contributed by atoms with van der Waals surface area (Å²) in [6.45, 7) is 3.78. The Labute approximate surface area is 132 Å². The van der Waals surface area contributed by atoms with E-state index in [0.717, 1.165) is 35.7 Å². The molecule has 0 spiro atoms. The lowest BCUT2D eigenvalue weighted by Crippen LogP contribution is -2.37. The highest BCUT2D eigenvalue weighted by Gasteiger charge is 2.11. The summed E-state index contributed by atoms with van der Waals surface area (Å²) in [5.74, 6) is 0.903. The highest BCUT2D eigenvalue weighted by molar-refractivity contribution is 6.31. The molecule has 0 heterocycles. The van der Waals surface area contributed by atoms with Crippen molar-refractivity contribution in [1.29, 1.82) is 0 Å². The first kappa shape index (κ1) is 15.9. The van der Waals surface area contributed by atoms with Gasteiger partial charge < -0.3 is 10.1 Å². The average Bonchev–Trinajstić information content (AvgIpc) is 2.53. The number of hydrogen-bond donors (Lipinski definition) is 1. The third-order valence-corrected chi connectivity index (χ3v) is 3.67. The van der Waals surface area contributed by atoms with Crippen molar-refractivity contribution in [1.82, 2.24) is 5.32 Å². The molecule has 1 atom stereocenters. The lowest BCUT2D eigenvalue weighted by Gasteiger charge is -2.20. The topological polar surface area (TPSA) is 21.3 Å². The molecule has 0 bridgehead atoms. The van der Waals surface area contributed by atoms with Crippen LogP contribution < -0.4 is 10.1 Å². The third kappa shape index (κ3) is 5.41. The van der Waals surface area contributed by atoms with E-state index in [1.165, 1.54) is 0 Å². The van der Waals surface area contributed by atoms with Gasteiger partial charge in [0.25, 0.3) is 0 Å². The zero-order valence-corrected chi connectivity index (χ0v) is 13.1. The van der Waals surface area contributed by atoms with Gasteiger partial charge in [-0.15, -0.1) is 0 Å². The van der Waals surface area contributed by atoms with E-state index in [2.05, 4.69) is 18.3 Å². The minimum absolute atomic E-state index is 0.255. The van der Waals surface area contributed by atoms with Crippen LogP contribution in [0.25, 0.3) is 0 Å². The molecule has 0 radical (unpaired) electrons. The number of halogens is 1. The Bertz CT molecular complexity index is 530. The van der Waals surface area contributed by atoms with Crippen LogP contribution in [0.15, 0.2) is 54.6 Å². The number of benzene rings is 2. The van der Waals surface area contributed by atoms with Gasteiger partial charge in [0.05, 0.1) is 0 Å². The molecule has 0 fully saturated rings. The molecule has 0 aliphatic rings. The van der Waals surface area contributed by atoms with Crippen molar-refractivity contribution in [2.75, 3.05) is 13.2 Å². The van der Waals surface area contributed by atoms with Crippen LogP contribution in [0.1, 0.15) is 18.9 Å². The van der Waals surface area contributed by atoms with Crippen LogP contribution in [-0.2, 0) is 6.42 Å². The molecule has 0 aliphatic carbocycles. The minimum atomic E-state index is 0.255. The predicted octanol–water partition coefficient (Wildman–Crippen LogP) is 4.33. The predicted molar refractivity (Wildman–Crippen MR) is 89.2 cm³/mol. The zero-order valence-electron chi connectivity index (χ0n) is 12.4. The van der Waals surface area contributed by atoms with Gasteiger partial charge in [0.15, 0.2) is 0 Å². The molecule has 3 heteroatoms. The first-order valence-electron chi connectivity index (χ1n) is 7.44. The molecule has 0 aliphatic heterocycles. The molecule has 2 nitrogen and oxygen atoms in total. The molecule has 1 N–H and O–H groups in total. The molecule has 0 aromatic heterocycles. The van der Waals surface area contributed by atoms with Crippen molar-refractivity contribution in [3.8, 4) is 5.75 Å². The molecular formula is C18H22ClNO. The van der Waals surface area contributed by atoms with Crippen LogP contribution in [0.3, 0.4) is 0 Å². The summed E-state index contributed by atoms with van der Waals surface area (Å²) in [4.78, 5) is 0. The Morgan fingerprint density at radius 2 is 1.76 bits per heavy atom. The molecular weight excluding hydrogens is 282 g/mol. The Morgan fingerprint density at radius 3 is 2.48 bits per heavy atom. The number of hydrogen-bond acceptors (Lipinski definition) is 2. The van der Waals surface area contributed by atoms with Crippen LogP contribution in [0.4, 0.5) is 0 Å². The van der Waals surface area contributed by atoms with Crippen molar-refractivity contribution in [3.63, 3.8) is 0 Å². The second-order valence-corrected chi connectivity index (χ2v) is 5.48. The number of ether oxygens (including phenoxy) is 1. The molecule has 0 saturated heterocycles. The van der Waals surface area contributed by atoms with Gasteiger partial charge in [-0.05, 0) is 43.1 Å². The molecule has 0 amide bonds. The Kier molecular flexibility index (Phi) is 6.58. The highest BCUT2D eigenvalue weighted by Crippen LogP contribution is 2.17. The summed E-state index contributed by atoms with van der Waals surface area (Å²) in [5, 5.41) is 4.35. The number of para-hydroxylation sites is 1. The van der Waals surface area contributed by atoms with Gasteiger partial charge in [0.1, 0.15) is 12.4 Å². The lowest BCUT2D eigenvalue weighted by molar-refractivity contribution is 0.263. The maximum absolute atomic E-state index is 6.25. The van der Waals surface area contributed by atoms with Gasteiger partial charge >= 0.3 is 0 Å². The summed E-state index contributed by atoms with van der Waals surface area (Å²) in [6.07, 6.45) is 1.97. The normalized spacial score (nSPS) is 12.1. The summed E-state index contributed by atoms with van der Waals surface area (Å²) in [5.41, 5.74) is 1.16. The van der Waals surface area contributed by atoms with Gasteiger partial charge in [-0.1, -0.05) is 54.9 Å². The van der Waals surface area contributed by atoms with Crippen molar-refractivity contribution in [2.45, 2.75) is 25.8 Å². The van der Waals surface area contributed by atoms with E-state index in [-0.39, 0.29) is 6.04 Å². The second-order valence-electron chi connectivity index (χ2n) is 5.07. The Morgan fingerprint density at radius 1 is 1.05 bits per heavy atom. The quantitative estimate of drug-likeness (QED) is 0.784. The van der Waals surface area contributed by atoms with Crippen LogP contribution in [-0.4, -0.2) is 19.2 Å². The summed E-state index contributed by atoms with van der Waals surface area (Å²) < 4.78 is 5.87. The van der Waals surface area contributed by atoms with Crippen LogP contribution in [0, 0.1) is 0 Å². The van der Waals surface area contributed by atoms with Gasteiger partial charge in [-0.25, -0.2) is 0 Å². The molecule has 2 aromatic carbocycles. The molecule has 0 saturated carbocycles.